The van der Waals surface area contributed by atoms with Gasteiger partial charge in [-0.1, -0.05) is 13.8 Å². The third-order valence-electron chi connectivity index (χ3n) is 3.31. The van der Waals surface area contributed by atoms with Gasteiger partial charge in [-0.25, -0.2) is 4.39 Å². The lowest BCUT2D eigenvalue weighted by Gasteiger charge is -2.23. The first-order valence-corrected chi connectivity index (χ1v) is 7.95. The number of hydrogen-bond acceptors (Lipinski definition) is 7. The summed E-state index contributed by atoms with van der Waals surface area (Å²) in [7, 11) is 1.43. The molecule has 0 fully saturated rings. The Morgan fingerprint density at radius 2 is 2.00 bits per heavy atom. The van der Waals surface area contributed by atoms with E-state index in [2.05, 4.69) is 20.3 Å². The van der Waals surface area contributed by atoms with Crippen molar-refractivity contribution in [1.29, 1.82) is 0 Å². The molecule has 7 nitrogen and oxygen atoms in total. The smallest absolute Gasteiger partial charge is 0.236 e. The van der Waals surface area contributed by atoms with E-state index in [9.17, 15) is 4.39 Å². The Morgan fingerprint density at radius 1 is 1.21 bits per heavy atom. The monoisotopic (exact) mass is 334 g/mol. The van der Waals surface area contributed by atoms with Crippen LogP contribution in [-0.4, -0.2) is 35.2 Å². The molecule has 3 N–H and O–H groups in total. The fourth-order valence-electron chi connectivity index (χ4n) is 2.21. The zero-order chi connectivity index (χ0) is 17.5. The molecule has 0 aliphatic rings. The van der Waals surface area contributed by atoms with Crippen LogP contribution in [0.5, 0.6) is 5.75 Å². The third kappa shape index (κ3) is 4.21. The molecule has 0 saturated heterocycles. The van der Waals surface area contributed by atoms with E-state index in [1.807, 2.05) is 13.8 Å². The van der Waals surface area contributed by atoms with Gasteiger partial charge in [0.2, 0.25) is 17.8 Å². The van der Waals surface area contributed by atoms with Gasteiger partial charge in [0.1, 0.15) is 0 Å². The highest BCUT2D eigenvalue weighted by Crippen LogP contribution is 2.28. The summed E-state index contributed by atoms with van der Waals surface area (Å²) in [6.45, 7) is 5.41. The predicted octanol–water partition coefficient (Wildman–Crippen LogP) is 2.97. The van der Waals surface area contributed by atoms with Crippen LogP contribution < -0.4 is 20.7 Å². The maximum absolute atomic E-state index is 14.1. The van der Waals surface area contributed by atoms with Crippen molar-refractivity contribution >= 4 is 23.5 Å². The van der Waals surface area contributed by atoms with E-state index in [1.165, 1.54) is 13.2 Å². The number of aromatic nitrogens is 3. The molecule has 0 saturated carbocycles. The van der Waals surface area contributed by atoms with E-state index < -0.39 is 5.82 Å². The number of ether oxygens (including phenoxy) is 1. The Morgan fingerprint density at radius 3 is 2.62 bits per heavy atom. The fraction of sp³-hybridized carbons (Fsp3) is 0.438. The Labute approximate surface area is 141 Å². The molecular weight excluding hydrogens is 311 g/mol. The van der Waals surface area contributed by atoms with Gasteiger partial charge in [-0.3, -0.25) is 0 Å². The van der Waals surface area contributed by atoms with E-state index in [1.54, 1.807) is 17.0 Å². The average molecular weight is 334 g/mol. The van der Waals surface area contributed by atoms with Crippen LogP contribution in [-0.2, 0) is 0 Å². The Balaban J connectivity index is 2.39. The highest BCUT2D eigenvalue weighted by Gasteiger charge is 2.16. The second-order valence-electron chi connectivity index (χ2n) is 5.21. The number of benzene rings is 1. The summed E-state index contributed by atoms with van der Waals surface area (Å²) in [5.74, 6) is 0.661. The molecule has 0 aliphatic heterocycles. The molecule has 8 heteroatoms. The van der Waals surface area contributed by atoms with Gasteiger partial charge >= 0.3 is 0 Å². The minimum Gasteiger partial charge on any atom is -0.494 e. The van der Waals surface area contributed by atoms with Gasteiger partial charge in [-0.05, 0) is 25.0 Å². The van der Waals surface area contributed by atoms with Gasteiger partial charge < -0.3 is 20.7 Å². The van der Waals surface area contributed by atoms with Gasteiger partial charge in [0.05, 0.1) is 7.11 Å². The lowest BCUT2D eigenvalue weighted by atomic mass is 10.2. The van der Waals surface area contributed by atoms with Crippen LogP contribution in [0.1, 0.15) is 26.7 Å². The third-order valence-corrected chi connectivity index (χ3v) is 3.31. The molecule has 1 aromatic heterocycles. The van der Waals surface area contributed by atoms with Gasteiger partial charge in [-0.15, -0.1) is 0 Å². The van der Waals surface area contributed by atoms with Gasteiger partial charge in [-0.2, -0.15) is 15.0 Å². The van der Waals surface area contributed by atoms with Crippen molar-refractivity contribution in [3.05, 3.63) is 24.0 Å². The Bertz CT molecular complexity index is 682. The molecule has 0 amide bonds. The molecule has 0 atom stereocenters. The highest BCUT2D eigenvalue weighted by atomic mass is 19.1. The highest BCUT2D eigenvalue weighted by molar-refractivity contribution is 5.60. The lowest BCUT2D eigenvalue weighted by Crippen LogP contribution is -2.22. The number of halogens is 1. The maximum Gasteiger partial charge on any atom is 0.236 e. The van der Waals surface area contributed by atoms with Crippen LogP contribution in [0.15, 0.2) is 18.2 Å². The fourth-order valence-corrected chi connectivity index (χ4v) is 2.21. The van der Waals surface area contributed by atoms with E-state index in [0.717, 1.165) is 19.4 Å². The summed E-state index contributed by atoms with van der Waals surface area (Å²) in [4.78, 5) is 14.5. The number of hydrogen-bond donors (Lipinski definition) is 2. The molecular formula is C16H23FN6O. The summed E-state index contributed by atoms with van der Waals surface area (Å²) < 4.78 is 19.0. The average Bonchev–Trinajstić information content (AvgIpc) is 2.57. The quantitative estimate of drug-likeness (QED) is 0.767. The van der Waals surface area contributed by atoms with E-state index in [-0.39, 0.29) is 11.7 Å². The van der Waals surface area contributed by atoms with Gasteiger partial charge in [0.25, 0.3) is 0 Å². The van der Waals surface area contributed by atoms with Gasteiger partial charge in [0.15, 0.2) is 11.6 Å². The summed E-state index contributed by atoms with van der Waals surface area (Å²) in [5.41, 5.74) is 6.42. The zero-order valence-corrected chi connectivity index (χ0v) is 14.2. The van der Waals surface area contributed by atoms with Crippen LogP contribution in [0.25, 0.3) is 0 Å². The SMILES string of the molecule is CCCNc1nc(N)nc(N(CCC)c2ccc(OC)c(F)c2)n1. The molecule has 0 aliphatic carbocycles. The molecule has 130 valence electrons. The van der Waals surface area contributed by atoms with Crippen molar-refractivity contribution in [3.8, 4) is 5.75 Å². The second-order valence-corrected chi connectivity index (χ2v) is 5.21. The van der Waals surface area contributed by atoms with Crippen LogP contribution in [0, 0.1) is 5.82 Å². The summed E-state index contributed by atoms with van der Waals surface area (Å²) in [5, 5.41) is 3.09. The maximum atomic E-state index is 14.1. The minimum atomic E-state index is -0.442. The topological polar surface area (TPSA) is 89.2 Å². The van der Waals surface area contributed by atoms with Crippen molar-refractivity contribution in [3.63, 3.8) is 0 Å². The minimum absolute atomic E-state index is 0.119. The Kier molecular flexibility index (Phi) is 6.11. The summed E-state index contributed by atoms with van der Waals surface area (Å²) in [6, 6.07) is 4.73. The standard InChI is InChI=1S/C16H23FN6O/c1-4-8-19-15-20-14(18)21-16(22-15)23(9-5-2)11-6-7-13(24-3)12(17)10-11/h6-7,10H,4-5,8-9H2,1-3H3,(H3,18,19,20,21,22). The van der Waals surface area contributed by atoms with Crippen LogP contribution >= 0.6 is 0 Å². The molecule has 2 aromatic rings. The molecule has 1 aromatic carbocycles. The lowest BCUT2D eigenvalue weighted by molar-refractivity contribution is 0.386. The van der Waals surface area contributed by atoms with E-state index in [4.69, 9.17) is 10.5 Å². The predicted molar refractivity (Wildman–Crippen MR) is 93.3 cm³/mol. The summed E-state index contributed by atoms with van der Waals surface area (Å²) >= 11 is 0. The zero-order valence-electron chi connectivity index (χ0n) is 14.2. The number of methoxy groups -OCH3 is 1. The molecule has 2 rings (SSSR count). The second kappa shape index (κ2) is 8.28. The first-order valence-electron chi connectivity index (χ1n) is 7.95. The molecule has 0 bridgehead atoms. The largest absolute Gasteiger partial charge is 0.494 e. The molecule has 0 unspecified atom stereocenters. The normalized spacial score (nSPS) is 10.5. The van der Waals surface area contributed by atoms with Crippen molar-refractivity contribution in [2.75, 3.05) is 36.1 Å². The molecule has 0 radical (unpaired) electrons. The van der Waals surface area contributed by atoms with E-state index >= 15 is 0 Å². The van der Waals surface area contributed by atoms with Crippen molar-refractivity contribution in [2.45, 2.75) is 26.7 Å². The van der Waals surface area contributed by atoms with Crippen molar-refractivity contribution in [2.24, 2.45) is 0 Å². The first-order chi connectivity index (χ1) is 11.6. The van der Waals surface area contributed by atoms with Crippen molar-refractivity contribution in [1.82, 2.24) is 15.0 Å². The van der Waals surface area contributed by atoms with Crippen molar-refractivity contribution < 1.29 is 9.13 Å². The molecule has 1 heterocycles. The first kappa shape index (κ1) is 17.7. The number of anilines is 4. The van der Waals surface area contributed by atoms with Crippen LogP contribution in [0.4, 0.5) is 27.9 Å². The number of nitrogens with two attached hydrogens (primary N) is 1. The number of nitrogen functional groups attached to an aromatic ring is 1. The Hall–Kier alpha value is -2.64. The van der Waals surface area contributed by atoms with Gasteiger partial charge in [0, 0.05) is 24.8 Å². The number of rotatable bonds is 8. The number of nitrogens with zero attached hydrogens (tertiary/aromatic N) is 4. The molecule has 0 spiro atoms. The molecule has 24 heavy (non-hydrogen) atoms. The van der Waals surface area contributed by atoms with Crippen LogP contribution in [0.2, 0.25) is 0 Å². The van der Waals surface area contributed by atoms with E-state index in [0.29, 0.717) is 24.1 Å². The number of nitrogens with one attached hydrogen (secondary N) is 1. The van der Waals surface area contributed by atoms with Crippen LogP contribution in [0.3, 0.4) is 0 Å². The summed E-state index contributed by atoms with van der Waals surface area (Å²) in [6.07, 6.45) is 1.76.